The SMILES string of the molecule is c1ccc2c(-c3cn(CCN4CCCCC4)nn3)c[nH]c2c1. The number of hydrogen-bond donors (Lipinski definition) is 1. The number of nitrogens with zero attached hydrogens (tertiary/aromatic N) is 4. The van der Waals surface area contributed by atoms with E-state index in [1.807, 2.05) is 16.9 Å². The minimum Gasteiger partial charge on any atom is -0.360 e. The molecule has 0 aliphatic carbocycles. The summed E-state index contributed by atoms with van der Waals surface area (Å²) in [6, 6.07) is 8.30. The number of para-hydroxylation sites is 1. The number of aromatic nitrogens is 4. The van der Waals surface area contributed by atoms with E-state index in [0.717, 1.165) is 29.9 Å². The first-order chi connectivity index (χ1) is 10.9. The zero-order chi connectivity index (χ0) is 14.8. The van der Waals surface area contributed by atoms with Crippen molar-refractivity contribution >= 4 is 10.9 Å². The highest BCUT2D eigenvalue weighted by atomic mass is 15.4. The van der Waals surface area contributed by atoms with Gasteiger partial charge in [-0.05, 0) is 32.0 Å². The Morgan fingerprint density at radius 1 is 1.05 bits per heavy atom. The molecule has 4 rings (SSSR count). The highest BCUT2D eigenvalue weighted by molar-refractivity contribution is 5.94. The molecule has 0 spiro atoms. The van der Waals surface area contributed by atoms with E-state index in [1.54, 1.807) is 0 Å². The Balaban J connectivity index is 1.49. The van der Waals surface area contributed by atoms with Crippen molar-refractivity contribution < 1.29 is 0 Å². The molecule has 0 saturated carbocycles. The third-order valence-electron chi connectivity index (χ3n) is 4.50. The summed E-state index contributed by atoms with van der Waals surface area (Å²) in [4.78, 5) is 5.82. The lowest BCUT2D eigenvalue weighted by atomic mass is 10.1. The number of piperidine rings is 1. The van der Waals surface area contributed by atoms with Crippen molar-refractivity contribution in [3.8, 4) is 11.3 Å². The predicted molar refractivity (Wildman–Crippen MR) is 87.6 cm³/mol. The summed E-state index contributed by atoms with van der Waals surface area (Å²) in [5.74, 6) is 0. The Kier molecular flexibility index (Phi) is 3.64. The van der Waals surface area contributed by atoms with Crippen LogP contribution < -0.4 is 0 Å². The minimum absolute atomic E-state index is 0.912. The molecule has 3 aromatic rings. The molecule has 1 fully saturated rings. The van der Waals surface area contributed by atoms with Crippen molar-refractivity contribution in [3.05, 3.63) is 36.7 Å². The molecule has 0 amide bonds. The molecule has 0 radical (unpaired) electrons. The maximum absolute atomic E-state index is 4.35. The fourth-order valence-electron chi connectivity index (χ4n) is 3.24. The Morgan fingerprint density at radius 2 is 1.91 bits per heavy atom. The van der Waals surface area contributed by atoms with Gasteiger partial charge in [-0.1, -0.05) is 29.8 Å². The maximum Gasteiger partial charge on any atom is 0.115 e. The van der Waals surface area contributed by atoms with E-state index in [4.69, 9.17) is 0 Å². The molecular formula is C17H21N5. The highest BCUT2D eigenvalue weighted by Crippen LogP contribution is 2.26. The molecule has 1 aliphatic rings. The molecular weight excluding hydrogens is 274 g/mol. The summed E-state index contributed by atoms with van der Waals surface area (Å²) >= 11 is 0. The lowest BCUT2D eigenvalue weighted by Gasteiger charge is -2.25. The summed E-state index contributed by atoms with van der Waals surface area (Å²) in [5.41, 5.74) is 3.20. The predicted octanol–water partition coefficient (Wildman–Crippen LogP) is 2.91. The van der Waals surface area contributed by atoms with Crippen LogP contribution in [0.25, 0.3) is 22.2 Å². The smallest absolute Gasteiger partial charge is 0.115 e. The van der Waals surface area contributed by atoms with Crippen LogP contribution in [0.3, 0.4) is 0 Å². The number of nitrogens with one attached hydrogen (secondary N) is 1. The summed E-state index contributed by atoms with van der Waals surface area (Å²) in [6.45, 7) is 4.43. The van der Waals surface area contributed by atoms with E-state index in [0.29, 0.717) is 0 Å². The van der Waals surface area contributed by atoms with Crippen LogP contribution in [-0.4, -0.2) is 44.5 Å². The molecule has 0 bridgehead atoms. The summed E-state index contributed by atoms with van der Waals surface area (Å²) in [7, 11) is 0. The van der Waals surface area contributed by atoms with Gasteiger partial charge in [0.1, 0.15) is 5.69 Å². The summed E-state index contributed by atoms with van der Waals surface area (Å²) in [6.07, 6.45) is 8.11. The number of aromatic amines is 1. The average molecular weight is 295 g/mol. The van der Waals surface area contributed by atoms with Crippen LogP contribution in [-0.2, 0) is 6.54 Å². The van der Waals surface area contributed by atoms with Crippen LogP contribution in [0, 0.1) is 0 Å². The molecule has 22 heavy (non-hydrogen) atoms. The molecule has 1 aromatic carbocycles. The largest absolute Gasteiger partial charge is 0.360 e. The molecule has 0 unspecified atom stereocenters. The van der Waals surface area contributed by atoms with Gasteiger partial charge < -0.3 is 9.88 Å². The minimum atomic E-state index is 0.912. The van der Waals surface area contributed by atoms with Crippen LogP contribution in [0.2, 0.25) is 0 Å². The molecule has 114 valence electrons. The first-order valence-electron chi connectivity index (χ1n) is 8.09. The molecule has 5 heteroatoms. The maximum atomic E-state index is 4.35. The molecule has 5 nitrogen and oxygen atoms in total. The number of likely N-dealkylation sites (tertiary alicyclic amines) is 1. The molecule has 1 aliphatic heterocycles. The lowest BCUT2D eigenvalue weighted by Crippen LogP contribution is -2.32. The third kappa shape index (κ3) is 2.64. The van der Waals surface area contributed by atoms with Crippen LogP contribution in [0.15, 0.2) is 36.7 Å². The van der Waals surface area contributed by atoms with Crippen molar-refractivity contribution in [1.29, 1.82) is 0 Å². The molecule has 1 N–H and O–H groups in total. The molecule has 2 aromatic heterocycles. The fourth-order valence-corrected chi connectivity index (χ4v) is 3.24. The van der Waals surface area contributed by atoms with Crippen molar-refractivity contribution in [1.82, 2.24) is 24.9 Å². The van der Waals surface area contributed by atoms with Crippen LogP contribution >= 0.6 is 0 Å². The second-order valence-corrected chi connectivity index (χ2v) is 6.02. The van der Waals surface area contributed by atoms with Gasteiger partial charge in [-0.15, -0.1) is 5.10 Å². The van der Waals surface area contributed by atoms with Crippen molar-refractivity contribution in [2.24, 2.45) is 0 Å². The van der Waals surface area contributed by atoms with Crippen LogP contribution in [0.5, 0.6) is 0 Å². The van der Waals surface area contributed by atoms with Crippen molar-refractivity contribution in [2.75, 3.05) is 19.6 Å². The number of benzene rings is 1. The van der Waals surface area contributed by atoms with Gasteiger partial charge in [-0.3, -0.25) is 4.68 Å². The molecule has 0 atom stereocenters. The third-order valence-corrected chi connectivity index (χ3v) is 4.50. The molecule has 1 saturated heterocycles. The van der Waals surface area contributed by atoms with E-state index >= 15 is 0 Å². The van der Waals surface area contributed by atoms with Crippen LogP contribution in [0.1, 0.15) is 19.3 Å². The Bertz CT molecular complexity index is 751. The number of H-pyrrole nitrogens is 1. The monoisotopic (exact) mass is 295 g/mol. The average Bonchev–Trinajstić information content (AvgIpc) is 3.20. The number of fused-ring (bicyclic) bond motifs is 1. The quantitative estimate of drug-likeness (QED) is 0.805. The van der Waals surface area contributed by atoms with E-state index in [1.165, 1.54) is 37.7 Å². The van der Waals surface area contributed by atoms with E-state index < -0.39 is 0 Å². The van der Waals surface area contributed by atoms with Gasteiger partial charge in [0.25, 0.3) is 0 Å². The van der Waals surface area contributed by atoms with Gasteiger partial charge in [0.05, 0.1) is 12.7 Å². The van der Waals surface area contributed by atoms with Crippen LogP contribution in [0.4, 0.5) is 0 Å². The Morgan fingerprint density at radius 3 is 2.82 bits per heavy atom. The number of hydrogen-bond acceptors (Lipinski definition) is 3. The zero-order valence-corrected chi connectivity index (χ0v) is 12.7. The Labute approximate surface area is 129 Å². The summed E-state index contributed by atoms with van der Waals surface area (Å²) < 4.78 is 1.96. The topological polar surface area (TPSA) is 49.7 Å². The first kappa shape index (κ1) is 13.5. The van der Waals surface area contributed by atoms with Gasteiger partial charge >= 0.3 is 0 Å². The van der Waals surface area contributed by atoms with Gasteiger partial charge in [-0.25, -0.2) is 0 Å². The normalized spacial score (nSPS) is 16.4. The summed E-state index contributed by atoms with van der Waals surface area (Å²) in [5, 5.41) is 9.84. The Hall–Kier alpha value is -2.14. The van der Waals surface area contributed by atoms with Gasteiger partial charge in [-0.2, -0.15) is 0 Å². The van der Waals surface area contributed by atoms with Gasteiger partial charge in [0.2, 0.25) is 0 Å². The lowest BCUT2D eigenvalue weighted by molar-refractivity contribution is 0.217. The van der Waals surface area contributed by atoms with E-state index in [2.05, 4.69) is 44.6 Å². The second-order valence-electron chi connectivity index (χ2n) is 6.02. The van der Waals surface area contributed by atoms with Crippen molar-refractivity contribution in [2.45, 2.75) is 25.8 Å². The standard InChI is InChI=1S/C17H21N5/c1-4-8-21(9-5-1)10-11-22-13-17(19-20-22)15-12-18-16-7-3-2-6-14(15)16/h2-3,6-7,12-13,18H,1,4-5,8-11H2. The van der Waals surface area contributed by atoms with Crippen molar-refractivity contribution in [3.63, 3.8) is 0 Å². The second kappa shape index (κ2) is 5.93. The fraction of sp³-hybridized carbons (Fsp3) is 0.412. The first-order valence-corrected chi connectivity index (χ1v) is 8.09. The highest BCUT2D eigenvalue weighted by Gasteiger charge is 2.12. The number of rotatable bonds is 4. The molecule has 3 heterocycles. The van der Waals surface area contributed by atoms with E-state index in [-0.39, 0.29) is 0 Å². The van der Waals surface area contributed by atoms with Gasteiger partial charge in [0.15, 0.2) is 0 Å². The van der Waals surface area contributed by atoms with E-state index in [9.17, 15) is 0 Å². The van der Waals surface area contributed by atoms with Gasteiger partial charge in [0, 0.05) is 29.2 Å². The zero-order valence-electron chi connectivity index (χ0n) is 12.7.